The summed E-state index contributed by atoms with van der Waals surface area (Å²) in [5, 5.41) is 0. The lowest BCUT2D eigenvalue weighted by molar-refractivity contribution is 0.322. The van der Waals surface area contributed by atoms with Gasteiger partial charge in [0.1, 0.15) is 5.82 Å². The van der Waals surface area contributed by atoms with E-state index in [0.29, 0.717) is 5.92 Å². The molecule has 4 heteroatoms. The van der Waals surface area contributed by atoms with Crippen LogP contribution >= 0.6 is 0 Å². The summed E-state index contributed by atoms with van der Waals surface area (Å²) in [6.45, 7) is 5.20. The SMILES string of the molecule is Cc1ccc2nc(C3CCN(Cc4ccccn4)C3)[nH]c2c1. The Morgan fingerprint density at radius 3 is 3.09 bits per heavy atom. The third-order valence-electron chi connectivity index (χ3n) is 4.43. The van der Waals surface area contributed by atoms with E-state index in [2.05, 4.69) is 52.1 Å². The monoisotopic (exact) mass is 292 g/mol. The average Bonchev–Trinajstić information content (AvgIpc) is 3.14. The normalized spacial score (nSPS) is 19.0. The maximum Gasteiger partial charge on any atom is 0.111 e. The Morgan fingerprint density at radius 1 is 1.27 bits per heavy atom. The lowest BCUT2D eigenvalue weighted by Gasteiger charge is -2.14. The minimum atomic E-state index is 0.497. The second kappa shape index (κ2) is 5.54. The quantitative estimate of drug-likeness (QED) is 0.806. The number of benzene rings is 1. The van der Waals surface area contributed by atoms with Crippen molar-refractivity contribution in [3.63, 3.8) is 0 Å². The molecule has 4 rings (SSSR count). The van der Waals surface area contributed by atoms with Crippen molar-refractivity contribution in [3.8, 4) is 0 Å². The third-order valence-corrected chi connectivity index (χ3v) is 4.43. The van der Waals surface area contributed by atoms with E-state index in [-0.39, 0.29) is 0 Å². The van der Waals surface area contributed by atoms with Crippen molar-refractivity contribution in [2.24, 2.45) is 0 Å². The van der Waals surface area contributed by atoms with Gasteiger partial charge < -0.3 is 4.98 Å². The first-order valence-corrected chi connectivity index (χ1v) is 7.86. The van der Waals surface area contributed by atoms with Gasteiger partial charge in [-0.15, -0.1) is 0 Å². The maximum atomic E-state index is 4.78. The van der Waals surface area contributed by atoms with Gasteiger partial charge in [-0.25, -0.2) is 4.98 Å². The van der Waals surface area contributed by atoms with Crippen molar-refractivity contribution in [3.05, 3.63) is 59.7 Å². The summed E-state index contributed by atoms with van der Waals surface area (Å²) in [4.78, 5) is 15.2. The first-order chi connectivity index (χ1) is 10.8. The van der Waals surface area contributed by atoms with E-state index in [9.17, 15) is 0 Å². The maximum absolute atomic E-state index is 4.78. The minimum Gasteiger partial charge on any atom is -0.342 e. The summed E-state index contributed by atoms with van der Waals surface area (Å²) in [5.41, 5.74) is 4.64. The number of aromatic nitrogens is 3. The van der Waals surface area contributed by atoms with Crippen LogP contribution in [0.2, 0.25) is 0 Å². The van der Waals surface area contributed by atoms with Gasteiger partial charge in [-0.3, -0.25) is 9.88 Å². The Bertz CT molecular complexity index is 778. The number of hydrogen-bond acceptors (Lipinski definition) is 3. The predicted molar refractivity (Wildman–Crippen MR) is 87.7 cm³/mol. The molecule has 1 atom stereocenters. The van der Waals surface area contributed by atoms with E-state index in [0.717, 1.165) is 48.6 Å². The van der Waals surface area contributed by atoms with Crippen LogP contribution in [-0.2, 0) is 6.54 Å². The number of rotatable bonds is 3. The summed E-state index contributed by atoms with van der Waals surface area (Å²) in [5.74, 6) is 1.63. The first kappa shape index (κ1) is 13.5. The summed E-state index contributed by atoms with van der Waals surface area (Å²) < 4.78 is 0. The van der Waals surface area contributed by atoms with Crippen LogP contribution in [0, 0.1) is 6.92 Å². The van der Waals surface area contributed by atoms with Gasteiger partial charge in [-0.2, -0.15) is 0 Å². The molecule has 1 unspecified atom stereocenters. The van der Waals surface area contributed by atoms with Crippen molar-refractivity contribution in [1.82, 2.24) is 19.9 Å². The van der Waals surface area contributed by atoms with Gasteiger partial charge in [-0.1, -0.05) is 12.1 Å². The Balaban J connectivity index is 1.49. The molecule has 0 bridgehead atoms. The molecule has 1 N–H and O–H groups in total. The second-order valence-corrected chi connectivity index (χ2v) is 6.18. The Labute approximate surface area is 130 Å². The molecule has 112 valence electrons. The van der Waals surface area contributed by atoms with Gasteiger partial charge in [-0.05, 0) is 49.7 Å². The lowest BCUT2D eigenvalue weighted by atomic mass is 10.1. The van der Waals surface area contributed by atoms with Crippen LogP contribution in [-0.4, -0.2) is 32.9 Å². The number of nitrogens with one attached hydrogen (secondary N) is 1. The van der Waals surface area contributed by atoms with Gasteiger partial charge in [0.05, 0.1) is 16.7 Å². The fraction of sp³-hybridized carbons (Fsp3) is 0.333. The smallest absolute Gasteiger partial charge is 0.111 e. The van der Waals surface area contributed by atoms with Crippen LogP contribution in [0.4, 0.5) is 0 Å². The van der Waals surface area contributed by atoms with Gasteiger partial charge in [0.2, 0.25) is 0 Å². The number of imidazole rings is 1. The molecule has 0 saturated carbocycles. The molecule has 1 aliphatic rings. The Hall–Kier alpha value is -2.20. The number of H-pyrrole nitrogens is 1. The van der Waals surface area contributed by atoms with E-state index >= 15 is 0 Å². The molecule has 1 saturated heterocycles. The van der Waals surface area contributed by atoms with Crippen LogP contribution in [0.15, 0.2) is 42.6 Å². The predicted octanol–water partition coefficient (Wildman–Crippen LogP) is 3.26. The molecule has 3 aromatic rings. The number of nitrogens with zero attached hydrogens (tertiary/aromatic N) is 3. The topological polar surface area (TPSA) is 44.8 Å². The summed E-state index contributed by atoms with van der Waals surface area (Å²) in [7, 11) is 0. The highest BCUT2D eigenvalue weighted by molar-refractivity contribution is 5.75. The molecule has 3 heterocycles. The molecule has 1 aromatic carbocycles. The summed E-state index contributed by atoms with van der Waals surface area (Å²) in [6.07, 6.45) is 3.02. The van der Waals surface area contributed by atoms with Gasteiger partial charge in [0.15, 0.2) is 0 Å². The number of aryl methyl sites for hydroxylation is 1. The number of pyridine rings is 1. The highest BCUT2D eigenvalue weighted by Gasteiger charge is 2.26. The lowest BCUT2D eigenvalue weighted by Crippen LogP contribution is -2.20. The third kappa shape index (κ3) is 2.62. The Morgan fingerprint density at radius 2 is 2.23 bits per heavy atom. The van der Waals surface area contributed by atoms with E-state index in [4.69, 9.17) is 4.98 Å². The summed E-state index contributed by atoms with van der Waals surface area (Å²) >= 11 is 0. The van der Waals surface area contributed by atoms with Gasteiger partial charge in [0.25, 0.3) is 0 Å². The molecule has 4 nitrogen and oxygen atoms in total. The zero-order valence-corrected chi connectivity index (χ0v) is 12.8. The van der Waals surface area contributed by atoms with Crippen molar-refractivity contribution >= 4 is 11.0 Å². The van der Waals surface area contributed by atoms with E-state index in [1.807, 2.05) is 12.3 Å². The van der Waals surface area contributed by atoms with Crippen molar-refractivity contribution in [2.45, 2.75) is 25.8 Å². The van der Waals surface area contributed by atoms with E-state index in [1.165, 1.54) is 5.56 Å². The number of hydrogen-bond donors (Lipinski definition) is 1. The van der Waals surface area contributed by atoms with Crippen LogP contribution in [0.25, 0.3) is 11.0 Å². The van der Waals surface area contributed by atoms with Gasteiger partial charge >= 0.3 is 0 Å². The highest BCUT2D eigenvalue weighted by Crippen LogP contribution is 2.27. The molecule has 0 radical (unpaired) electrons. The molecule has 1 fully saturated rings. The van der Waals surface area contributed by atoms with Crippen LogP contribution in [0.5, 0.6) is 0 Å². The zero-order chi connectivity index (χ0) is 14.9. The molecule has 0 amide bonds. The minimum absolute atomic E-state index is 0.497. The molecule has 22 heavy (non-hydrogen) atoms. The van der Waals surface area contributed by atoms with Gasteiger partial charge in [0, 0.05) is 25.2 Å². The van der Waals surface area contributed by atoms with E-state index < -0.39 is 0 Å². The molecule has 2 aromatic heterocycles. The Kier molecular flexibility index (Phi) is 3.39. The average molecular weight is 292 g/mol. The molecule has 0 aliphatic carbocycles. The summed E-state index contributed by atoms with van der Waals surface area (Å²) in [6, 6.07) is 12.5. The number of fused-ring (bicyclic) bond motifs is 1. The fourth-order valence-electron chi connectivity index (χ4n) is 3.26. The highest BCUT2D eigenvalue weighted by atomic mass is 15.2. The second-order valence-electron chi connectivity index (χ2n) is 6.18. The number of likely N-dealkylation sites (tertiary alicyclic amines) is 1. The zero-order valence-electron chi connectivity index (χ0n) is 12.8. The molecular weight excluding hydrogens is 272 g/mol. The van der Waals surface area contributed by atoms with Crippen LogP contribution in [0.1, 0.15) is 29.4 Å². The first-order valence-electron chi connectivity index (χ1n) is 7.86. The standard InChI is InChI=1S/C18H20N4/c1-13-5-6-16-17(10-13)21-18(20-16)14-7-9-22(11-14)12-15-4-2-3-8-19-15/h2-6,8,10,14H,7,9,11-12H2,1H3,(H,20,21). The molecular formula is C18H20N4. The molecule has 0 spiro atoms. The molecule has 1 aliphatic heterocycles. The fourth-order valence-corrected chi connectivity index (χ4v) is 3.26. The van der Waals surface area contributed by atoms with Crippen molar-refractivity contribution < 1.29 is 0 Å². The van der Waals surface area contributed by atoms with Crippen LogP contribution in [0.3, 0.4) is 0 Å². The largest absolute Gasteiger partial charge is 0.342 e. The van der Waals surface area contributed by atoms with Crippen molar-refractivity contribution in [2.75, 3.05) is 13.1 Å². The van der Waals surface area contributed by atoms with Crippen LogP contribution < -0.4 is 0 Å². The van der Waals surface area contributed by atoms with Crippen molar-refractivity contribution in [1.29, 1.82) is 0 Å². The van der Waals surface area contributed by atoms with E-state index in [1.54, 1.807) is 0 Å². The number of aromatic amines is 1.